The highest BCUT2D eigenvalue weighted by Crippen LogP contribution is 2.39. The first-order chi connectivity index (χ1) is 19.5. The number of rotatable bonds is 15. The first-order valence-corrected chi connectivity index (χ1v) is 14.4. The highest BCUT2D eigenvalue weighted by molar-refractivity contribution is 5.61. The van der Waals surface area contributed by atoms with Gasteiger partial charge in [0, 0.05) is 39.0 Å². The molecule has 0 aliphatic carbocycles. The number of benzene rings is 2. The highest BCUT2D eigenvalue weighted by Gasteiger charge is 2.43. The van der Waals surface area contributed by atoms with E-state index in [1.807, 2.05) is 44.2 Å². The van der Waals surface area contributed by atoms with E-state index < -0.39 is 11.7 Å². The summed E-state index contributed by atoms with van der Waals surface area (Å²) in [6.45, 7) is 10.4. The van der Waals surface area contributed by atoms with Crippen molar-refractivity contribution in [2.24, 2.45) is 0 Å². The largest absolute Gasteiger partial charge is 0.496 e. The lowest BCUT2D eigenvalue weighted by molar-refractivity contribution is -0.135. The molecule has 222 valence electrons. The van der Waals surface area contributed by atoms with Crippen LogP contribution in [0.25, 0.3) is 0 Å². The van der Waals surface area contributed by atoms with Crippen molar-refractivity contribution >= 4 is 5.69 Å². The molecule has 0 radical (unpaired) electrons. The van der Waals surface area contributed by atoms with Crippen LogP contribution < -0.4 is 19.7 Å². The van der Waals surface area contributed by atoms with E-state index in [-0.39, 0.29) is 6.10 Å². The monoisotopic (exact) mass is 558 g/mol. The number of nitrogens with one attached hydrogen (secondary N) is 1. The number of hydrogen-bond donors (Lipinski definition) is 2. The summed E-state index contributed by atoms with van der Waals surface area (Å²) in [5.74, 6) is 1.53. The van der Waals surface area contributed by atoms with Crippen LogP contribution >= 0.6 is 0 Å². The van der Waals surface area contributed by atoms with Gasteiger partial charge in [-0.1, -0.05) is 18.2 Å². The quantitative estimate of drug-likeness (QED) is 0.318. The van der Waals surface area contributed by atoms with Gasteiger partial charge in [0.1, 0.15) is 29.8 Å². The van der Waals surface area contributed by atoms with Crippen molar-refractivity contribution in [2.45, 2.75) is 57.7 Å². The highest BCUT2D eigenvalue weighted by atomic mass is 16.5. The third-order valence-corrected chi connectivity index (χ3v) is 7.56. The van der Waals surface area contributed by atoms with E-state index in [0.717, 1.165) is 54.2 Å². The average molecular weight is 559 g/mol. The van der Waals surface area contributed by atoms with Gasteiger partial charge in [-0.2, -0.15) is 0 Å². The average Bonchev–Trinajstić information content (AvgIpc) is 2.97. The second-order valence-electron chi connectivity index (χ2n) is 10.5. The van der Waals surface area contributed by atoms with Crippen LogP contribution in [-0.2, 0) is 37.8 Å². The number of ether oxygens (including phenoxy) is 6. The fourth-order valence-electron chi connectivity index (χ4n) is 5.44. The molecule has 0 amide bonds. The maximum absolute atomic E-state index is 12.0. The van der Waals surface area contributed by atoms with Gasteiger partial charge in [-0.05, 0) is 62.6 Å². The molecule has 0 aromatic heterocycles. The molecule has 1 unspecified atom stereocenters. The van der Waals surface area contributed by atoms with Crippen molar-refractivity contribution in [1.29, 1.82) is 0 Å². The Morgan fingerprint density at radius 2 is 1.98 bits per heavy atom. The van der Waals surface area contributed by atoms with Gasteiger partial charge >= 0.3 is 0 Å². The maximum atomic E-state index is 12.0. The number of methoxy groups -OCH3 is 2. The molecule has 1 fully saturated rings. The first kappa shape index (κ1) is 30.6. The van der Waals surface area contributed by atoms with Crippen LogP contribution in [-0.4, -0.2) is 84.1 Å². The van der Waals surface area contributed by atoms with E-state index in [4.69, 9.17) is 28.4 Å². The molecular formula is C31H46N2O7. The Morgan fingerprint density at radius 3 is 2.77 bits per heavy atom. The molecule has 2 aromatic carbocycles. The van der Waals surface area contributed by atoms with Gasteiger partial charge in [0.15, 0.2) is 0 Å². The lowest BCUT2D eigenvalue weighted by Crippen LogP contribution is -2.53. The number of aliphatic hydroxyl groups is 1. The Balaban J connectivity index is 1.44. The van der Waals surface area contributed by atoms with Crippen LogP contribution in [0.3, 0.4) is 0 Å². The molecule has 1 saturated heterocycles. The number of piperidine rings is 1. The molecule has 40 heavy (non-hydrogen) atoms. The lowest BCUT2D eigenvalue weighted by atomic mass is 9.81. The Labute approximate surface area is 238 Å². The minimum absolute atomic E-state index is 0.0425. The second-order valence-corrected chi connectivity index (χ2v) is 10.5. The smallest absolute Gasteiger partial charge is 0.142 e. The predicted octanol–water partition coefficient (Wildman–Crippen LogP) is 3.64. The van der Waals surface area contributed by atoms with Crippen molar-refractivity contribution in [3.05, 3.63) is 53.1 Å². The molecule has 0 bridgehead atoms. The fraction of sp³-hybridized carbons (Fsp3) is 0.613. The van der Waals surface area contributed by atoms with E-state index in [9.17, 15) is 5.11 Å². The Kier molecular flexibility index (Phi) is 11.5. The van der Waals surface area contributed by atoms with Crippen LogP contribution in [0.15, 0.2) is 36.4 Å². The fourth-order valence-corrected chi connectivity index (χ4v) is 5.44. The van der Waals surface area contributed by atoms with E-state index in [2.05, 4.69) is 16.3 Å². The zero-order chi connectivity index (χ0) is 28.4. The summed E-state index contributed by atoms with van der Waals surface area (Å²) in [5, 5.41) is 15.4. The summed E-state index contributed by atoms with van der Waals surface area (Å²) >= 11 is 0. The van der Waals surface area contributed by atoms with Crippen LogP contribution in [0, 0.1) is 0 Å². The molecule has 2 N–H and O–H groups in total. The van der Waals surface area contributed by atoms with E-state index in [0.29, 0.717) is 58.3 Å². The van der Waals surface area contributed by atoms with Crippen molar-refractivity contribution in [2.75, 3.05) is 71.7 Å². The van der Waals surface area contributed by atoms with Crippen molar-refractivity contribution in [1.82, 2.24) is 5.32 Å². The molecule has 2 aliphatic heterocycles. The van der Waals surface area contributed by atoms with E-state index >= 15 is 0 Å². The number of anilines is 1. The third-order valence-electron chi connectivity index (χ3n) is 7.56. The SMILES string of the molecule is CCOC(C)COCc1ccc([C@@]2(O)CCNC[C@@H]2OCc2ccc3c(c2)N(CCCOC)CCO3)c(OC)c1. The summed E-state index contributed by atoms with van der Waals surface area (Å²) in [7, 11) is 3.36. The van der Waals surface area contributed by atoms with Crippen molar-refractivity contribution in [3.8, 4) is 11.5 Å². The Bertz CT molecular complexity index is 1070. The topological polar surface area (TPSA) is 90.9 Å². The summed E-state index contributed by atoms with van der Waals surface area (Å²) in [5.41, 5.74) is 2.63. The number of fused-ring (bicyclic) bond motifs is 1. The van der Waals surface area contributed by atoms with Gasteiger partial charge in [0.05, 0.1) is 45.3 Å². The minimum Gasteiger partial charge on any atom is -0.496 e. The van der Waals surface area contributed by atoms with Crippen molar-refractivity contribution < 1.29 is 33.5 Å². The molecule has 9 heteroatoms. The zero-order valence-electron chi connectivity index (χ0n) is 24.4. The van der Waals surface area contributed by atoms with Crippen LogP contribution in [0.2, 0.25) is 0 Å². The molecule has 0 spiro atoms. The van der Waals surface area contributed by atoms with Crippen LogP contribution in [0.5, 0.6) is 11.5 Å². The van der Waals surface area contributed by atoms with Gasteiger partial charge < -0.3 is 43.7 Å². The second kappa shape index (κ2) is 15.0. The Hall–Kier alpha value is -2.40. The van der Waals surface area contributed by atoms with E-state index in [1.165, 1.54) is 0 Å². The maximum Gasteiger partial charge on any atom is 0.142 e. The van der Waals surface area contributed by atoms with Gasteiger partial charge in [0.25, 0.3) is 0 Å². The molecule has 3 atom stereocenters. The molecular weight excluding hydrogens is 512 g/mol. The summed E-state index contributed by atoms with van der Waals surface area (Å²) in [6, 6.07) is 12.1. The summed E-state index contributed by atoms with van der Waals surface area (Å²) < 4.78 is 34.7. The van der Waals surface area contributed by atoms with Crippen molar-refractivity contribution in [3.63, 3.8) is 0 Å². The lowest BCUT2D eigenvalue weighted by Gasteiger charge is -2.41. The summed E-state index contributed by atoms with van der Waals surface area (Å²) in [4.78, 5) is 2.34. The zero-order valence-corrected chi connectivity index (χ0v) is 24.4. The molecule has 2 aromatic rings. The standard InChI is InChI=1S/C31H46N2O7/c1-5-38-23(2)20-37-21-25-7-9-26(29(18-25)36-4)31(34)11-12-32-19-30(31)40-22-24-8-10-28-27(17-24)33(14-16-39-28)13-6-15-35-3/h7-10,17-18,23,30,32,34H,5-6,11-16,19-22H2,1-4H3/t23?,30-,31-/m0/s1. The number of hydrogen-bond acceptors (Lipinski definition) is 9. The van der Waals surface area contributed by atoms with Crippen LogP contribution in [0.1, 0.15) is 43.4 Å². The van der Waals surface area contributed by atoms with Gasteiger partial charge in [-0.25, -0.2) is 0 Å². The molecule has 2 aliphatic rings. The van der Waals surface area contributed by atoms with Gasteiger partial charge in [-0.15, -0.1) is 0 Å². The third kappa shape index (κ3) is 7.66. The predicted molar refractivity (Wildman–Crippen MR) is 154 cm³/mol. The molecule has 2 heterocycles. The van der Waals surface area contributed by atoms with Gasteiger partial charge in [0.2, 0.25) is 0 Å². The van der Waals surface area contributed by atoms with E-state index in [1.54, 1.807) is 14.2 Å². The minimum atomic E-state index is -1.19. The normalized spacial score (nSPS) is 21.5. The summed E-state index contributed by atoms with van der Waals surface area (Å²) in [6.07, 6.45) is 1.06. The molecule has 0 saturated carbocycles. The number of nitrogens with zero attached hydrogens (tertiary/aromatic N) is 1. The molecule has 9 nitrogen and oxygen atoms in total. The molecule has 4 rings (SSSR count). The van der Waals surface area contributed by atoms with Gasteiger partial charge in [-0.3, -0.25) is 0 Å². The first-order valence-electron chi connectivity index (χ1n) is 14.4. The Morgan fingerprint density at radius 1 is 1.15 bits per heavy atom. The van der Waals surface area contributed by atoms with Crippen LogP contribution in [0.4, 0.5) is 5.69 Å².